The van der Waals surface area contributed by atoms with Crippen molar-refractivity contribution in [3.8, 4) is 11.8 Å². The first-order valence-electron chi connectivity index (χ1n) is 10.9. The largest absolute Gasteiger partial charge is 0.477 e. The number of carboxylic acids is 1. The van der Waals surface area contributed by atoms with Crippen LogP contribution in [0.3, 0.4) is 0 Å². The van der Waals surface area contributed by atoms with E-state index in [0.717, 1.165) is 37.0 Å². The fourth-order valence-corrected chi connectivity index (χ4v) is 5.13. The number of aromatic carboxylic acids is 1. The normalized spacial score (nSPS) is 26.3. The van der Waals surface area contributed by atoms with Crippen molar-refractivity contribution in [1.29, 1.82) is 0 Å². The summed E-state index contributed by atoms with van der Waals surface area (Å²) in [5.74, 6) is 6.05. The molecule has 1 aromatic rings. The van der Waals surface area contributed by atoms with Crippen LogP contribution in [-0.4, -0.2) is 34.7 Å². The van der Waals surface area contributed by atoms with E-state index in [1.165, 1.54) is 0 Å². The zero-order valence-electron chi connectivity index (χ0n) is 18.4. The average Bonchev–Trinajstić information content (AvgIpc) is 3.06. The summed E-state index contributed by atoms with van der Waals surface area (Å²) >= 11 is 1.14. The summed E-state index contributed by atoms with van der Waals surface area (Å²) in [6.45, 7) is 8.36. The van der Waals surface area contributed by atoms with E-state index in [1.807, 2.05) is 20.8 Å². The minimum Gasteiger partial charge on any atom is -0.477 e. The Hall–Kier alpha value is -1.84. The number of aliphatic hydroxyl groups is 1. The molecule has 30 heavy (non-hydrogen) atoms. The molecule has 1 amide bonds. The number of thiophene rings is 1. The summed E-state index contributed by atoms with van der Waals surface area (Å²) in [5.41, 5.74) is 0.292. The van der Waals surface area contributed by atoms with Crippen LogP contribution in [-0.2, 0) is 4.79 Å². The number of anilines is 1. The van der Waals surface area contributed by atoms with Crippen LogP contribution in [0, 0.1) is 35.0 Å². The minimum absolute atomic E-state index is 0.0407. The Balaban J connectivity index is 1.96. The summed E-state index contributed by atoms with van der Waals surface area (Å²) < 4.78 is 0. The van der Waals surface area contributed by atoms with Crippen LogP contribution in [0.5, 0.6) is 0 Å². The lowest BCUT2D eigenvalue weighted by molar-refractivity contribution is -0.124. The van der Waals surface area contributed by atoms with Gasteiger partial charge in [0.15, 0.2) is 0 Å². The van der Waals surface area contributed by atoms with Gasteiger partial charge in [-0.05, 0) is 77.2 Å². The molecule has 2 saturated carbocycles. The third-order valence-corrected chi connectivity index (χ3v) is 7.19. The molecule has 0 unspecified atom stereocenters. The van der Waals surface area contributed by atoms with Crippen molar-refractivity contribution in [2.75, 3.05) is 11.5 Å². The first-order chi connectivity index (χ1) is 14.1. The summed E-state index contributed by atoms with van der Waals surface area (Å²) in [6.07, 6.45) is 5.20. The molecule has 2 aliphatic rings. The van der Waals surface area contributed by atoms with Crippen LogP contribution in [0.2, 0.25) is 0 Å². The van der Waals surface area contributed by atoms with Crippen molar-refractivity contribution in [3.05, 3.63) is 15.8 Å². The van der Waals surface area contributed by atoms with E-state index >= 15 is 0 Å². The zero-order valence-corrected chi connectivity index (χ0v) is 19.2. The van der Waals surface area contributed by atoms with E-state index < -0.39 is 5.97 Å². The van der Waals surface area contributed by atoms with Gasteiger partial charge >= 0.3 is 5.97 Å². The topological polar surface area (TPSA) is 77.8 Å². The summed E-state index contributed by atoms with van der Waals surface area (Å²) in [7, 11) is 0. The van der Waals surface area contributed by atoms with E-state index in [0.29, 0.717) is 29.3 Å². The van der Waals surface area contributed by atoms with E-state index in [2.05, 4.69) is 18.8 Å². The van der Waals surface area contributed by atoms with Gasteiger partial charge in [0.25, 0.3) is 0 Å². The molecule has 6 heteroatoms. The number of nitrogens with zero attached hydrogens (tertiary/aromatic N) is 1. The molecule has 3 rings (SSSR count). The third-order valence-electron chi connectivity index (χ3n) is 6.16. The van der Waals surface area contributed by atoms with Gasteiger partial charge in [-0.2, -0.15) is 0 Å². The number of carbonyl (C=O) groups is 2. The van der Waals surface area contributed by atoms with Gasteiger partial charge in [-0.3, -0.25) is 4.79 Å². The van der Waals surface area contributed by atoms with Gasteiger partial charge < -0.3 is 15.1 Å². The number of aliphatic hydroxyl groups excluding tert-OH is 1. The summed E-state index contributed by atoms with van der Waals surface area (Å²) in [6, 6.07) is 1.73. The molecule has 5 nitrogen and oxygen atoms in total. The molecule has 0 aromatic carbocycles. The van der Waals surface area contributed by atoms with Crippen LogP contribution in [0.25, 0.3) is 0 Å². The molecule has 2 N–H and O–H groups in total. The Labute approximate surface area is 183 Å². The third kappa shape index (κ3) is 5.25. The lowest BCUT2D eigenvalue weighted by atomic mass is 9.77. The molecule has 0 aliphatic heterocycles. The van der Waals surface area contributed by atoms with Crippen molar-refractivity contribution in [1.82, 2.24) is 0 Å². The van der Waals surface area contributed by atoms with Crippen molar-refractivity contribution >= 4 is 28.9 Å². The molecule has 0 saturated heterocycles. The molecule has 0 spiro atoms. The Bertz CT molecular complexity index is 843. The van der Waals surface area contributed by atoms with Gasteiger partial charge in [0.2, 0.25) is 5.91 Å². The number of hydrogen-bond acceptors (Lipinski definition) is 4. The van der Waals surface area contributed by atoms with E-state index in [1.54, 1.807) is 11.0 Å². The van der Waals surface area contributed by atoms with Crippen molar-refractivity contribution in [2.24, 2.45) is 23.2 Å². The fraction of sp³-hybridized carbons (Fsp3) is 0.667. The maximum atomic E-state index is 13.6. The van der Waals surface area contributed by atoms with Gasteiger partial charge in [-0.15, -0.1) is 11.3 Å². The van der Waals surface area contributed by atoms with Gasteiger partial charge in [0.05, 0.1) is 10.6 Å². The summed E-state index contributed by atoms with van der Waals surface area (Å²) in [5, 5.41) is 19.3. The molecule has 1 heterocycles. The second-order valence-electron chi connectivity index (χ2n) is 9.97. The fourth-order valence-electron chi connectivity index (χ4n) is 4.28. The predicted octanol–water partition coefficient (Wildman–Crippen LogP) is 4.77. The Morgan fingerprint density at radius 2 is 1.83 bits per heavy atom. The predicted molar refractivity (Wildman–Crippen MR) is 120 cm³/mol. The molecular formula is C24H33NO4S. The highest BCUT2D eigenvalue weighted by Crippen LogP contribution is 2.41. The molecule has 2 aliphatic carbocycles. The molecule has 1 aromatic heterocycles. The SMILES string of the molecule is CC(C)(C)C#Cc1cc(N(C(=O)[C@H]2CC[C@@H](C)CC2)[C@H]2C[C@@H](CO)C2)c(C(=O)O)s1. The first kappa shape index (κ1) is 22.8. The maximum absolute atomic E-state index is 13.6. The second kappa shape index (κ2) is 9.11. The molecule has 2 fully saturated rings. The smallest absolute Gasteiger partial charge is 0.348 e. The van der Waals surface area contributed by atoms with Gasteiger partial charge in [-0.25, -0.2) is 4.79 Å². The van der Waals surface area contributed by atoms with Crippen molar-refractivity contribution in [3.63, 3.8) is 0 Å². The van der Waals surface area contributed by atoms with Crippen molar-refractivity contribution in [2.45, 2.75) is 72.3 Å². The quantitative estimate of drug-likeness (QED) is 0.658. The Morgan fingerprint density at radius 1 is 1.20 bits per heavy atom. The second-order valence-corrected chi connectivity index (χ2v) is 11.0. The lowest BCUT2D eigenvalue weighted by Crippen LogP contribution is -2.51. The monoisotopic (exact) mass is 431 g/mol. The minimum atomic E-state index is -1.02. The molecule has 0 bridgehead atoms. The van der Waals surface area contributed by atoms with Gasteiger partial charge in [-0.1, -0.05) is 18.8 Å². The van der Waals surface area contributed by atoms with Crippen LogP contribution >= 0.6 is 11.3 Å². The van der Waals surface area contributed by atoms with E-state index in [9.17, 15) is 19.8 Å². The highest BCUT2D eigenvalue weighted by atomic mass is 32.1. The molecule has 0 atom stereocenters. The molecular weight excluding hydrogens is 398 g/mol. The highest BCUT2D eigenvalue weighted by molar-refractivity contribution is 7.15. The van der Waals surface area contributed by atoms with Crippen LogP contribution in [0.1, 0.15) is 80.8 Å². The Kier molecular flexibility index (Phi) is 6.94. The van der Waals surface area contributed by atoms with Crippen LogP contribution in [0.4, 0.5) is 5.69 Å². The highest BCUT2D eigenvalue weighted by Gasteiger charge is 2.41. The van der Waals surface area contributed by atoms with Crippen molar-refractivity contribution < 1.29 is 19.8 Å². The lowest BCUT2D eigenvalue weighted by Gasteiger charge is -2.44. The zero-order chi connectivity index (χ0) is 22.1. The molecule has 0 radical (unpaired) electrons. The number of hydrogen-bond donors (Lipinski definition) is 2. The first-order valence-corrected chi connectivity index (χ1v) is 11.7. The van der Waals surface area contributed by atoms with Crippen LogP contribution in [0.15, 0.2) is 6.07 Å². The van der Waals surface area contributed by atoms with Gasteiger partial charge in [0.1, 0.15) is 4.88 Å². The number of rotatable bonds is 5. The Morgan fingerprint density at radius 3 is 2.37 bits per heavy atom. The van der Waals surface area contributed by atoms with E-state index in [4.69, 9.17) is 0 Å². The number of amides is 1. The van der Waals surface area contributed by atoms with E-state index in [-0.39, 0.29) is 40.7 Å². The number of carboxylic acid groups (broad SMARTS) is 1. The average molecular weight is 432 g/mol. The maximum Gasteiger partial charge on any atom is 0.348 e. The van der Waals surface area contributed by atoms with Gasteiger partial charge in [0, 0.05) is 24.0 Å². The summed E-state index contributed by atoms with van der Waals surface area (Å²) in [4.78, 5) is 28.2. The van der Waals surface area contributed by atoms with Crippen LogP contribution < -0.4 is 4.90 Å². The number of carbonyl (C=O) groups excluding carboxylic acids is 1. The molecule has 164 valence electrons. The standard InChI is InChI=1S/C24H33NO4S/c1-15-5-7-17(8-6-15)22(27)25(18-11-16(12-18)14-26)20-13-19(9-10-24(2,3)4)30-21(20)23(28)29/h13,15-18,26H,5-8,11-12,14H2,1-4H3,(H,28,29)/t15-,16-,17+,18+.